The number of halogens is 2. The van der Waals surface area contributed by atoms with Crippen molar-refractivity contribution in [2.45, 2.75) is 52.9 Å². The molecule has 0 spiro atoms. The Morgan fingerprint density at radius 2 is 1.36 bits per heavy atom. The second kappa shape index (κ2) is 14.3. The van der Waals surface area contributed by atoms with Crippen LogP contribution in [0.3, 0.4) is 0 Å². The van der Waals surface area contributed by atoms with Crippen LogP contribution >= 0.6 is 54.5 Å². The molecule has 4 aliphatic rings. The van der Waals surface area contributed by atoms with Gasteiger partial charge < -0.3 is 20.9 Å². The first-order valence-corrected chi connectivity index (χ1v) is 20.7. The Hall–Kier alpha value is -4.15. The van der Waals surface area contributed by atoms with E-state index in [0.29, 0.717) is 6.54 Å². The molecule has 10 rings (SSSR count). The molecule has 8 heterocycles. The van der Waals surface area contributed by atoms with Gasteiger partial charge in [0.2, 0.25) is 5.91 Å². The summed E-state index contributed by atoms with van der Waals surface area (Å²) in [6.45, 7) is 8.73. The van der Waals surface area contributed by atoms with E-state index in [1.807, 2.05) is 31.2 Å². The molecule has 4 aliphatic heterocycles. The average Bonchev–Trinajstić information content (AvgIpc) is 3.96. The number of carbonyl (C=O) groups is 1. The van der Waals surface area contributed by atoms with Gasteiger partial charge in [-0.1, -0.05) is 13.8 Å². The lowest BCUT2D eigenvalue weighted by Crippen LogP contribution is -2.37. The molecule has 0 radical (unpaired) electrons. The van der Waals surface area contributed by atoms with Crippen LogP contribution in [0.15, 0.2) is 55.9 Å². The van der Waals surface area contributed by atoms with E-state index < -0.39 is 0 Å². The van der Waals surface area contributed by atoms with Gasteiger partial charge in [-0.3, -0.25) is 14.8 Å². The van der Waals surface area contributed by atoms with Crippen LogP contribution in [0.1, 0.15) is 57.0 Å². The minimum Gasteiger partial charge on any atom is -0.339 e. The molecule has 15 heteroatoms. The second-order valence-corrected chi connectivity index (χ2v) is 17.5. The lowest BCUT2D eigenvalue weighted by atomic mass is 10.0. The fraction of sp³-hybridized carbons (Fsp3) is 0.289. The number of rotatable bonds is 5. The van der Waals surface area contributed by atoms with Gasteiger partial charge in [-0.25, -0.2) is 19.9 Å². The molecule has 268 valence electrons. The summed E-state index contributed by atoms with van der Waals surface area (Å²) in [5.41, 5.74) is 9.40. The molecule has 0 unspecified atom stereocenters. The average molecular weight is 871 g/mol. The number of thiophene rings is 2. The molecule has 2 aromatic carbocycles. The molecule has 0 saturated heterocycles. The van der Waals surface area contributed by atoms with Crippen LogP contribution in [0.4, 0.5) is 23.0 Å². The Morgan fingerprint density at radius 3 is 1.94 bits per heavy atom. The number of aromatic nitrogens is 4. The largest absolute Gasteiger partial charge is 0.339 e. The fourth-order valence-corrected chi connectivity index (χ4v) is 10.6. The predicted molar refractivity (Wildman–Crippen MR) is 222 cm³/mol. The highest BCUT2D eigenvalue weighted by molar-refractivity contribution is 9.11. The maximum atomic E-state index is 12.4. The Balaban J connectivity index is 0.000000143. The van der Waals surface area contributed by atoms with Crippen molar-refractivity contribution >= 4 is 116 Å². The number of benzene rings is 2. The summed E-state index contributed by atoms with van der Waals surface area (Å²) in [5, 5.41) is 12.7. The van der Waals surface area contributed by atoms with Crippen molar-refractivity contribution in [3.63, 3.8) is 0 Å². The zero-order valence-corrected chi connectivity index (χ0v) is 33.8. The van der Waals surface area contributed by atoms with Crippen LogP contribution in [0, 0.1) is 5.92 Å². The third kappa shape index (κ3) is 6.56. The number of hydrogen-bond acceptors (Lipinski definition) is 12. The third-order valence-electron chi connectivity index (χ3n) is 9.90. The summed E-state index contributed by atoms with van der Waals surface area (Å²) >= 11 is 10.8. The molecule has 0 atom stereocenters. The van der Waals surface area contributed by atoms with Crippen molar-refractivity contribution < 1.29 is 4.79 Å². The lowest BCUT2D eigenvalue weighted by molar-refractivity contribution is -0.135. The standard InChI is InChI=1S/C21H20BrN5OS.C17H14BrN5S/c1-11(2)21(28)27-4-3-14-17(9-27)29-20-18(14)19(24-10-25-20)26-16-6-13-8-23-7-12(13)5-15(16)22;18-12-3-9-5-20-6-10(9)4-13(12)23-16-15-11-1-2-19-7-14(11)24-17(15)22-8-21-16/h5-6,8,10-11H,3-4,7,9H2,1-2H3,(H,24,25,26);3-4,6,8,19H,1-2,5,7H2,(H,21,22,23). The van der Waals surface area contributed by atoms with Gasteiger partial charge in [-0.15, -0.1) is 22.7 Å². The first-order chi connectivity index (χ1) is 25.8. The molecule has 3 N–H and O–H groups in total. The van der Waals surface area contributed by atoms with E-state index in [2.05, 4.69) is 102 Å². The summed E-state index contributed by atoms with van der Waals surface area (Å²) in [5.74, 6) is 1.92. The van der Waals surface area contributed by atoms with Crippen LogP contribution in [0.2, 0.25) is 0 Å². The first-order valence-electron chi connectivity index (χ1n) is 17.5. The van der Waals surface area contributed by atoms with E-state index in [1.54, 1.807) is 35.3 Å². The van der Waals surface area contributed by atoms with Gasteiger partial charge in [0.05, 0.1) is 41.8 Å². The van der Waals surface area contributed by atoms with Gasteiger partial charge in [0.1, 0.15) is 34.0 Å². The van der Waals surface area contributed by atoms with E-state index in [0.717, 1.165) is 98.1 Å². The molecule has 53 heavy (non-hydrogen) atoms. The third-order valence-corrected chi connectivity index (χ3v) is 13.5. The van der Waals surface area contributed by atoms with E-state index >= 15 is 0 Å². The number of nitrogens with zero attached hydrogens (tertiary/aromatic N) is 7. The minimum absolute atomic E-state index is 0.0173. The van der Waals surface area contributed by atoms with Crippen molar-refractivity contribution in [2.75, 3.05) is 23.7 Å². The van der Waals surface area contributed by atoms with E-state index in [-0.39, 0.29) is 11.8 Å². The van der Waals surface area contributed by atoms with Crippen LogP contribution in [0.25, 0.3) is 20.4 Å². The van der Waals surface area contributed by atoms with Crippen molar-refractivity contribution in [1.82, 2.24) is 30.2 Å². The molecular weight excluding hydrogens is 836 g/mol. The Morgan fingerprint density at radius 1 is 0.792 bits per heavy atom. The number of anilines is 4. The number of amides is 1. The monoisotopic (exact) mass is 868 g/mol. The van der Waals surface area contributed by atoms with Gasteiger partial charge in [0, 0.05) is 50.1 Å². The quantitative estimate of drug-likeness (QED) is 0.157. The Kier molecular flexibility index (Phi) is 9.30. The second-order valence-electron chi connectivity index (χ2n) is 13.7. The molecule has 6 aromatic rings. The van der Waals surface area contributed by atoms with Gasteiger partial charge in [-0.05, 0) is 109 Å². The van der Waals surface area contributed by atoms with Crippen molar-refractivity contribution in [3.8, 4) is 0 Å². The number of hydrogen-bond donors (Lipinski definition) is 3. The molecule has 0 aliphatic carbocycles. The number of fused-ring (bicyclic) bond motifs is 8. The zero-order valence-electron chi connectivity index (χ0n) is 29.0. The number of nitrogens with one attached hydrogen (secondary N) is 3. The first kappa shape index (κ1) is 34.6. The maximum absolute atomic E-state index is 12.4. The number of aliphatic imine (C=N–C) groups is 2. The predicted octanol–water partition coefficient (Wildman–Crippen LogP) is 8.45. The van der Waals surface area contributed by atoms with Gasteiger partial charge >= 0.3 is 0 Å². The van der Waals surface area contributed by atoms with Crippen LogP contribution in [0.5, 0.6) is 0 Å². The summed E-state index contributed by atoms with van der Waals surface area (Å²) in [7, 11) is 0. The SMILES string of the molecule is Brc1cc2c(cc1Nc1ncnc3sc4c(c13)CCNC4)C=NC2.CC(C)C(=O)N1CCc2c(sc3ncnc(Nc4cc5c(cc4Br)CN=C5)c23)C1. The highest BCUT2D eigenvalue weighted by Gasteiger charge is 2.28. The van der Waals surface area contributed by atoms with E-state index in [9.17, 15) is 4.79 Å². The maximum Gasteiger partial charge on any atom is 0.225 e. The van der Waals surface area contributed by atoms with Gasteiger partial charge in [0.25, 0.3) is 0 Å². The zero-order chi connectivity index (χ0) is 36.2. The molecule has 0 saturated carbocycles. The number of carbonyl (C=O) groups excluding carboxylic acids is 1. The molecule has 4 aromatic heterocycles. The van der Waals surface area contributed by atoms with Crippen molar-refractivity contribution in [3.05, 3.63) is 89.0 Å². The lowest BCUT2D eigenvalue weighted by Gasteiger charge is -2.28. The van der Waals surface area contributed by atoms with Gasteiger partial charge in [0.15, 0.2) is 0 Å². The molecule has 0 fully saturated rings. The van der Waals surface area contributed by atoms with Crippen molar-refractivity contribution in [2.24, 2.45) is 15.9 Å². The summed E-state index contributed by atoms with van der Waals surface area (Å²) < 4.78 is 2.02. The smallest absolute Gasteiger partial charge is 0.225 e. The summed E-state index contributed by atoms with van der Waals surface area (Å²) in [6.07, 6.45) is 8.94. The van der Waals surface area contributed by atoms with Gasteiger partial charge in [-0.2, -0.15) is 0 Å². The highest BCUT2D eigenvalue weighted by Crippen LogP contribution is 2.41. The minimum atomic E-state index is 0.0173. The molecular formula is C38H34Br2N10OS2. The summed E-state index contributed by atoms with van der Waals surface area (Å²) in [6, 6.07) is 8.48. The van der Waals surface area contributed by atoms with E-state index in [1.165, 1.54) is 43.0 Å². The van der Waals surface area contributed by atoms with Crippen LogP contribution in [-0.2, 0) is 43.8 Å². The Bertz CT molecular complexity index is 2510. The molecule has 1 amide bonds. The molecule has 0 bridgehead atoms. The molecule has 11 nitrogen and oxygen atoms in total. The normalized spacial score (nSPS) is 15.3. The van der Waals surface area contributed by atoms with Crippen molar-refractivity contribution in [1.29, 1.82) is 0 Å². The highest BCUT2D eigenvalue weighted by atomic mass is 79.9. The summed E-state index contributed by atoms with van der Waals surface area (Å²) in [4.78, 5) is 45.7. The van der Waals surface area contributed by atoms with Crippen LogP contribution < -0.4 is 16.0 Å². The Labute approximate surface area is 330 Å². The van der Waals surface area contributed by atoms with Crippen LogP contribution in [-0.4, -0.2) is 56.3 Å². The van der Waals surface area contributed by atoms with E-state index in [4.69, 9.17) is 0 Å². The fourth-order valence-electron chi connectivity index (χ4n) is 7.24. The topological polar surface area (TPSA) is 133 Å².